The van der Waals surface area contributed by atoms with Crippen molar-refractivity contribution in [2.75, 3.05) is 19.6 Å². The maximum absolute atomic E-state index is 13.0. The summed E-state index contributed by atoms with van der Waals surface area (Å²) in [6.45, 7) is 2.89. The van der Waals surface area contributed by atoms with Gasteiger partial charge in [0.05, 0.1) is 0 Å². The topological polar surface area (TPSA) is 117 Å². The van der Waals surface area contributed by atoms with Crippen LogP contribution in [0.15, 0.2) is 29.1 Å². The summed E-state index contributed by atoms with van der Waals surface area (Å²) in [5, 5.41) is 15.9. The van der Waals surface area contributed by atoms with Crippen LogP contribution in [0.3, 0.4) is 0 Å². The van der Waals surface area contributed by atoms with Crippen molar-refractivity contribution in [3.63, 3.8) is 0 Å². The van der Waals surface area contributed by atoms with E-state index in [4.69, 9.17) is 0 Å². The first-order valence-corrected chi connectivity index (χ1v) is 9.10. The van der Waals surface area contributed by atoms with E-state index in [0.717, 1.165) is 4.57 Å². The third-order valence-electron chi connectivity index (χ3n) is 4.83. The lowest BCUT2D eigenvalue weighted by Crippen LogP contribution is -2.49. The number of carbonyl (C=O) groups excluding carboxylic acids is 2. The number of hydrogen-bond acceptors (Lipinski definition) is 6. The van der Waals surface area contributed by atoms with Crippen LogP contribution in [-0.4, -0.2) is 51.0 Å². The number of aromatic nitrogens is 2. The minimum atomic E-state index is -0.781. The number of piperazine rings is 1. The van der Waals surface area contributed by atoms with Crippen LogP contribution in [-0.2, 0) is 18.4 Å². The highest BCUT2D eigenvalue weighted by molar-refractivity contribution is 5.94. The molecule has 29 heavy (non-hydrogen) atoms. The van der Waals surface area contributed by atoms with Crippen molar-refractivity contribution < 1.29 is 19.1 Å². The Kier molecular flexibility index (Phi) is 5.92. The molecule has 1 aliphatic rings. The number of aromatic hydroxyl groups is 1. The van der Waals surface area contributed by atoms with Gasteiger partial charge in [0.1, 0.15) is 17.7 Å². The van der Waals surface area contributed by atoms with Crippen LogP contribution in [0, 0.1) is 5.82 Å². The molecule has 0 spiro atoms. The van der Waals surface area contributed by atoms with Gasteiger partial charge < -0.3 is 20.6 Å². The molecule has 2 amide bonds. The Balaban J connectivity index is 1.90. The Hall–Kier alpha value is -3.27. The van der Waals surface area contributed by atoms with Gasteiger partial charge >= 0.3 is 0 Å². The molecule has 0 radical (unpaired) electrons. The minimum absolute atomic E-state index is 0.0648. The molecule has 0 saturated carbocycles. The van der Waals surface area contributed by atoms with Crippen molar-refractivity contribution in [1.29, 1.82) is 0 Å². The lowest BCUT2D eigenvalue weighted by Gasteiger charge is -2.35. The second-order valence-corrected chi connectivity index (χ2v) is 6.77. The fraction of sp³-hybridized carbons (Fsp3) is 0.368. The Morgan fingerprint density at radius 3 is 2.69 bits per heavy atom. The molecule has 1 aromatic carbocycles. The van der Waals surface area contributed by atoms with Gasteiger partial charge in [-0.2, -0.15) is 0 Å². The van der Waals surface area contributed by atoms with Crippen LogP contribution in [0.25, 0.3) is 0 Å². The van der Waals surface area contributed by atoms with Crippen molar-refractivity contribution in [2.45, 2.75) is 19.5 Å². The number of carbonyl (C=O) groups is 2. The zero-order valence-electron chi connectivity index (χ0n) is 16.1. The summed E-state index contributed by atoms with van der Waals surface area (Å²) in [5.41, 5.74) is -0.558. The molecular weight excluding hydrogens is 381 g/mol. The van der Waals surface area contributed by atoms with Crippen LogP contribution >= 0.6 is 0 Å². The molecule has 1 atom stereocenters. The predicted octanol–water partition coefficient (Wildman–Crippen LogP) is 0.0478. The van der Waals surface area contributed by atoms with Crippen LogP contribution in [0.2, 0.25) is 0 Å². The van der Waals surface area contributed by atoms with Crippen molar-refractivity contribution >= 4 is 11.8 Å². The molecule has 3 rings (SSSR count). The van der Waals surface area contributed by atoms with Gasteiger partial charge in [-0.3, -0.25) is 19.0 Å². The van der Waals surface area contributed by atoms with E-state index >= 15 is 0 Å². The summed E-state index contributed by atoms with van der Waals surface area (Å²) in [4.78, 5) is 42.8. The van der Waals surface area contributed by atoms with Crippen molar-refractivity contribution in [3.05, 3.63) is 57.5 Å². The molecule has 2 heterocycles. The van der Waals surface area contributed by atoms with Crippen molar-refractivity contribution in [2.24, 2.45) is 7.05 Å². The number of nitrogens with one attached hydrogen (secondary N) is 2. The highest BCUT2D eigenvalue weighted by Gasteiger charge is 2.31. The first kappa shape index (κ1) is 20.5. The Morgan fingerprint density at radius 2 is 2.03 bits per heavy atom. The third kappa shape index (κ3) is 4.27. The van der Waals surface area contributed by atoms with Gasteiger partial charge in [0.15, 0.2) is 5.69 Å². The molecule has 2 aromatic rings. The number of rotatable bonds is 4. The maximum atomic E-state index is 13.0. The number of nitrogens with zero attached hydrogens (tertiary/aromatic N) is 3. The lowest BCUT2D eigenvalue weighted by molar-refractivity contribution is -0.132. The van der Waals surface area contributed by atoms with Crippen LogP contribution in [0.1, 0.15) is 34.8 Å². The van der Waals surface area contributed by atoms with Gasteiger partial charge in [-0.15, -0.1) is 0 Å². The van der Waals surface area contributed by atoms with Crippen LogP contribution in [0.4, 0.5) is 4.39 Å². The molecule has 10 heteroatoms. The van der Waals surface area contributed by atoms with E-state index in [1.165, 1.54) is 38.2 Å². The van der Waals surface area contributed by atoms with E-state index in [1.807, 2.05) is 0 Å². The van der Waals surface area contributed by atoms with Crippen molar-refractivity contribution in [1.82, 2.24) is 25.1 Å². The normalized spacial score (nSPS) is 16.5. The Labute approximate surface area is 166 Å². The average Bonchev–Trinajstić information content (AvgIpc) is 2.71. The van der Waals surface area contributed by atoms with Gasteiger partial charge in [0, 0.05) is 40.2 Å². The average molecular weight is 403 g/mol. The summed E-state index contributed by atoms with van der Waals surface area (Å²) in [5.74, 6) is -1.90. The molecule has 9 nitrogen and oxygen atoms in total. The predicted molar refractivity (Wildman–Crippen MR) is 102 cm³/mol. The minimum Gasteiger partial charge on any atom is -0.501 e. The van der Waals surface area contributed by atoms with Gasteiger partial charge in [-0.25, -0.2) is 9.37 Å². The summed E-state index contributed by atoms with van der Waals surface area (Å²) in [7, 11) is 1.43. The van der Waals surface area contributed by atoms with E-state index < -0.39 is 34.8 Å². The Morgan fingerprint density at radius 1 is 1.34 bits per heavy atom. The second kappa shape index (κ2) is 8.39. The molecule has 1 aliphatic heterocycles. The fourth-order valence-corrected chi connectivity index (χ4v) is 3.24. The molecule has 1 saturated heterocycles. The first-order valence-electron chi connectivity index (χ1n) is 9.10. The Bertz CT molecular complexity index is 989. The first-order chi connectivity index (χ1) is 13.8. The van der Waals surface area contributed by atoms with Gasteiger partial charge in [0.25, 0.3) is 11.5 Å². The molecular formula is C19H22FN5O4. The SMILES string of the molecule is CC(=O)N1CCNCC1c1nc(C(=O)NCc2ccc(F)cc2)c(O)c(=O)n1C. The number of amides is 2. The van der Waals surface area contributed by atoms with Crippen molar-refractivity contribution in [3.8, 4) is 5.75 Å². The fourth-order valence-electron chi connectivity index (χ4n) is 3.24. The zero-order valence-corrected chi connectivity index (χ0v) is 16.1. The van der Waals surface area contributed by atoms with E-state index in [1.54, 1.807) is 4.90 Å². The van der Waals surface area contributed by atoms with Gasteiger partial charge in [-0.1, -0.05) is 12.1 Å². The number of benzene rings is 1. The summed E-state index contributed by atoms with van der Waals surface area (Å²) < 4.78 is 14.1. The highest BCUT2D eigenvalue weighted by Crippen LogP contribution is 2.22. The number of hydrogen-bond donors (Lipinski definition) is 3. The zero-order chi connectivity index (χ0) is 21.1. The van der Waals surface area contributed by atoms with Crippen LogP contribution in [0.5, 0.6) is 5.75 Å². The molecule has 1 unspecified atom stereocenters. The quantitative estimate of drug-likeness (QED) is 0.664. The molecule has 0 bridgehead atoms. The van der Waals surface area contributed by atoms with E-state index in [-0.39, 0.29) is 18.3 Å². The van der Waals surface area contributed by atoms with E-state index in [0.29, 0.717) is 25.2 Å². The molecule has 3 N–H and O–H groups in total. The standard InChI is InChI=1S/C19H22FN5O4/c1-11(26)25-8-7-21-10-14(25)17-23-15(16(27)19(29)24(17)2)18(28)22-9-12-3-5-13(20)6-4-12/h3-6,14,21,27H,7-10H2,1-2H3,(H,22,28). The van der Waals surface area contributed by atoms with E-state index in [2.05, 4.69) is 15.6 Å². The smallest absolute Gasteiger partial charge is 0.296 e. The molecule has 154 valence electrons. The lowest BCUT2D eigenvalue weighted by atomic mass is 10.1. The summed E-state index contributed by atoms with van der Waals surface area (Å²) in [6, 6.07) is 5.00. The van der Waals surface area contributed by atoms with E-state index in [9.17, 15) is 23.9 Å². The summed E-state index contributed by atoms with van der Waals surface area (Å²) in [6.07, 6.45) is 0. The summed E-state index contributed by atoms with van der Waals surface area (Å²) >= 11 is 0. The monoisotopic (exact) mass is 403 g/mol. The molecule has 0 aliphatic carbocycles. The largest absolute Gasteiger partial charge is 0.501 e. The van der Waals surface area contributed by atoms with Gasteiger partial charge in [0.2, 0.25) is 11.7 Å². The number of halogens is 1. The van der Waals surface area contributed by atoms with Crippen LogP contribution < -0.4 is 16.2 Å². The second-order valence-electron chi connectivity index (χ2n) is 6.77. The molecule has 1 fully saturated rings. The third-order valence-corrected chi connectivity index (χ3v) is 4.83. The molecule has 1 aromatic heterocycles. The van der Waals surface area contributed by atoms with Gasteiger partial charge in [-0.05, 0) is 17.7 Å². The highest BCUT2D eigenvalue weighted by atomic mass is 19.1. The maximum Gasteiger partial charge on any atom is 0.296 e.